The van der Waals surface area contributed by atoms with Gasteiger partial charge in [0.05, 0.1) is 0 Å². The molecule has 0 rings (SSSR count). The molecule has 48 valence electrons. The molecule has 0 aliphatic carbocycles. The second-order valence-corrected chi connectivity index (χ2v) is 2.38. The molecule has 0 spiro atoms. The summed E-state index contributed by atoms with van der Waals surface area (Å²) in [6.45, 7) is 0. The summed E-state index contributed by atoms with van der Waals surface area (Å²) < 4.78 is -0.0296. The molecule has 0 aliphatic rings. The molecule has 0 fully saturated rings. The zero-order chi connectivity index (χ0) is 7.44. The van der Waals surface area contributed by atoms with E-state index in [9.17, 15) is 0 Å². The predicted octanol–water partition coefficient (Wildman–Crippen LogP) is 0.413. The first kappa shape index (κ1) is 8.59. The van der Waals surface area contributed by atoms with Crippen LogP contribution in [0.15, 0.2) is 0 Å². The standard InChI is InChI=1S/C5H5IN2O/c1-2-3(9)4(7)5(6)8/h1,3,7-9H. The van der Waals surface area contributed by atoms with Crippen LogP contribution in [-0.2, 0) is 0 Å². The molecule has 0 aromatic rings. The Hall–Kier alpha value is -0.410. The van der Waals surface area contributed by atoms with Gasteiger partial charge in [-0.2, -0.15) is 0 Å². The fourth-order valence-corrected chi connectivity index (χ4v) is 0.498. The van der Waals surface area contributed by atoms with Gasteiger partial charge in [-0.15, -0.1) is 6.42 Å². The summed E-state index contributed by atoms with van der Waals surface area (Å²) in [5, 5.41) is 22.5. The first-order chi connectivity index (χ1) is 4.09. The van der Waals surface area contributed by atoms with Crippen molar-refractivity contribution in [3.63, 3.8) is 0 Å². The van der Waals surface area contributed by atoms with Gasteiger partial charge in [-0.05, 0) is 22.6 Å². The van der Waals surface area contributed by atoms with Crippen molar-refractivity contribution < 1.29 is 5.11 Å². The Kier molecular flexibility index (Phi) is 3.42. The highest BCUT2D eigenvalue weighted by molar-refractivity contribution is 14.1. The molecule has 0 saturated heterocycles. The highest BCUT2D eigenvalue weighted by Gasteiger charge is 2.08. The molecule has 3 N–H and O–H groups in total. The van der Waals surface area contributed by atoms with Crippen molar-refractivity contribution in [1.82, 2.24) is 0 Å². The smallest absolute Gasteiger partial charge is 0.158 e. The third kappa shape index (κ3) is 2.58. The summed E-state index contributed by atoms with van der Waals surface area (Å²) in [6, 6.07) is 0. The molecule has 1 unspecified atom stereocenters. The molecule has 0 aromatic carbocycles. The summed E-state index contributed by atoms with van der Waals surface area (Å²) in [5.74, 6) is 1.93. The average Bonchev–Trinajstić information content (AvgIpc) is 1.84. The van der Waals surface area contributed by atoms with Gasteiger partial charge >= 0.3 is 0 Å². The minimum absolute atomic E-state index is 0.0296. The summed E-state index contributed by atoms with van der Waals surface area (Å²) in [4.78, 5) is 0. The van der Waals surface area contributed by atoms with E-state index in [2.05, 4.69) is 0 Å². The predicted molar refractivity (Wildman–Crippen MR) is 44.3 cm³/mol. The minimum atomic E-state index is -1.23. The second kappa shape index (κ2) is 3.58. The van der Waals surface area contributed by atoms with Crippen LogP contribution < -0.4 is 0 Å². The van der Waals surface area contributed by atoms with E-state index in [-0.39, 0.29) is 9.43 Å². The van der Waals surface area contributed by atoms with E-state index >= 15 is 0 Å². The lowest BCUT2D eigenvalue weighted by molar-refractivity contribution is 0.299. The minimum Gasteiger partial charge on any atom is -0.374 e. The Balaban J connectivity index is 4.09. The van der Waals surface area contributed by atoms with E-state index in [0.29, 0.717) is 0 Å². The van der Waals surface area contributed by atoms with Gasteiger partial charge in [0, 0.05) is 0 Å². The lowest BCUT2D eigenvalue weighted by Crippen LogP contribution is -2.21. The summed E-state index contributed by atoms with van der Waals surface area (Å²) >= 11 is 1.61. The number of aliphatic hydroxyl groups is 1. The average molecular weight is 236 g/mol. The van der Waals surface area contributed by atoms with Crippen molar-refractivity contribution in [3.05, 3.63) is 0 Å². The molecule has 0 radical (unpaired) electrons. The quantitative estimate of drug-likeness (QED) is 0.363. The van der Waals surface area contributed by atoms with Crippen LogP contribution in [0.1, 0.15) is 0 Å². The third-order valence-electron chi connectivity index (χ3n) is 0.668. The van der Waals surface area contributed by atoms with E-state index in [1.54, 1.807) is 22.6 Å². The van der Waals surface area contributed by atoms with E-state index < -0.39 is 6.10 Å². The van der Waals surface area contributed by atoms with Crippen molar-refractivity contribution >= 4 is 32.0 Å². The van der Waals surface area contributed by atoms with Crippen LogP contribution in [-0.4, -0.2) is 20.6 Å². The van der Waals surface area contributed by atoms with Crippen LogP contribution in [0.25, 0.3) is 0 Å². The van der Waals surface area contributed by atoms with Crippen LogP contribution in [0.2, 0.25) is 0 Å². The van der Waals surface area contributed by atoms with Crippen molar-refractivity contribution in [2.24, 2.45) is 0 Å². The number of rotatable bonds is 2. The van der Waals surface area contributed by atoms with Gasteiger partial charge in [-0.25, -0.2) is 0 Å². The fraction of sp³-hybridized carbons (Fsp3) is 0.200. The van der Waals surface area contributed by atoms with Crippen molar-refractivity contribution in [1.29, 1.82) is 10.8 Å². The normalized spacial score (nSPS) is 11.7. The van der Waals surface area contributed by atoms with Crippen LogP contribution >= 0.6 is 22.6 Å². The lowest BCUT2D eigenvalue weighted by atomic mass is 10.2. The Morgan fingerprint density at radius 2 is 2.11 bits per heavy atom. The number of terminal acetylenes is 1. The molecule has 9 heavy (non-hydrogen) atoms. The summed E-state index contributed by atoms with van der Waals surface area (Å²) in [5.41, 5.74) is -0.224. The Labute approximate surface area is 66.6 Å². The van der Waals surface area contributed by atoms with Gasteiger partial charge < -0.3 is 5.11 Å². The second-order valence-electron chi connectivity index (χ2n) is 1.30. The van der Waals surface area contributed by atoms with Gasteiger partial charge in [0.2, 0.25) is 0 Å². The molecule has 0 amide bonds. The number of aliphatic hydroxyl groups excluding tert-OH is 1. The van der Waals surface area contributed by atoms with Crippen LogP contribution in [0.4, 0.5) is 0 Å². The van der Waals surface area contributed by atoms with Gasteiger partial charge in [-0.3, -0.25) is 10.8 Å². The van der Waals surface area contributed by atoms with Crippen LogP contribution in [0.5, 0.6) is 0 Å². The maximum absolute atomic E-state index is 8.69. The number of halogens is 1. The van der Waals surface area contributed by atoms with Gasteiger partial charge in [-0.1, -0.05) is 5.92 Å². The molecule has 3 nitrogen and oxygen atoms in total. The monoisotopic (exact) mass is 236 g/mol. The fourth-order valence-electron chi connectivity index (χ4n) is 0.203. The van der Waals surface area contributed by atoms with E-state index in [4.69, 9.17) is 22.3 Å². The molecular formula is C5H5IN2O. The van der Waals surface area contributed by atoms with E-state index in [0.717, 1.165) is 0 Å². The molecule has 0 aromatic heterocycles. The number of hydrogen-bond donors (Lipinski definition) is 3. The molecule has 0 bridgehead atoms. The van der Waals surface area contributed by atoms with Gasteiger partial charge in [0.25, 0.3) is 0 Å². The van der Waals surface area contributed by atoms with Crippen molar-refractivity contribution in [2.45, 2.75) is 6.10 Å². The first-order valence-electron chi connectivity index (χ1n) is 2.06. The SMILES string of the molecule is C#CC(O)C(=N)C(=N)I. The first-order valence-corrected chi connectivity index (χ1v) is 3.14. The van der Waals surface area contributed by atoms with Crippen molar-refractivity contribution in [2.75, 3.05) is 0 Å². The molecular weight excluding hydrogens is 231 g/mol. The van der Waals surface area contributed by atoms with E-state index in [1.807, 2.05) is 5.92 Å². The molecule has 1 atom stereocenters. The molecule has 0 saturated carbocycles. The molecule has 4 heteroatoms. The third-order valence-corrected chi connectivity index (χ3v) is 1.25. The lowest BCUT2D eigenvalue weighted by Gasteiger charge is -1.99. The van der Waals surface area contributed by atoms with Crippen LogP contribution in [0, 0.1) is 23.2 Å². The van der Waals surface area contributed by atoms with Gasteiger partial charge in [0.1, 0.15) is 9.43 Å². The largest absolute Gasteiger partial charge is 0.374 e. The van der Waals surface area contributed by atoms with Crippen molar-refractivity contribution in [3.8, 4) is 12.3 Å². The van der Waals surface area contributed by atoms with Gasteiger partial charge in [0.15, 0.2) is 6.10 Å². The topological polar surface area (TPSA) is 67.9 Å². The Morgan fingerprint density at radius 3 is 2.22 bits per heavy atom. The zero-order valence-corrected chi connectivity index (χ0v) is 6.64. The maximum Gasteiger partial charge on any atom is 0.158 e. The summed E-state index contributed by atoms with van der Waals surface area (Å²) in [6.07, 6.45) is 3.54. The highest BCUT2D eigenvalue weighted by atomic mass is 127. The zero-order valence-electron chi connectivity index (χ0n) is 4.48. The Morgan fingerprint density at radius 1 is 1.67 bits per heavy atom. The molecule has 0 heterocycles. The number of hydrogen-bond acceptors (Lipinski definition) is 3. The Bertz CT molecular complexity index is 182. The maximum atomic E-state index is 8.69. The van der Waals surface area contributed by atoms with E-state index in [1.165, 1.54) is 0 Å². The summed E-state index contributed by atoms with van der Waals surface area (Å²) in [7, 11) is 0. The number of nitrogens with one attached hydrogen (secondary N) is 2. The molecule has 0 aliphatic heterocycles. The van der Waals surface area contributed by atoms with Crippen LogP contribution in [0.3, 0.4) is 0 Å². The highest BCUT2D eigenvalue weighted by Crippen LogP contribution is 1.93.